The smallest absolute Gasteiger partial charge is 0.120 e. The first-order chi connectivity index (χ1) is 9.31. The maximum Gasteiger partial charge on any atom is 0.120 e. The molecule has 2 aromatic carbocycles. The Kier molecular flexibility index (Phi) is 4.95. The zero-order chi connectivity index (χ0) is 13.5. The topological polar surface area (TPSA) is 52.5 Å². The highest BCUT2D eigenvalue weighted by atomic mass is 16.3. The molecule has 0 bridgehead atoms. The average molecular weight is 257 g/mol. The molecule has 0 aliphatic rings. The average Bonchev–Trinajstić information content (AvgIpc) is 2.45. The van der Waals surface area contributed by atoms with Crippen LogP contribution in [0.25, 0.3) is 0 Å². The summed E-state index contributed by atoms with van der Waals surface area (Å²) in [4.78, 5) is 0. The molecule has 0 spiro atoms. The Labute approximate surface area is 113 Å². The van der Waals surface area contributed by atoms with E-state index in [0.29, 0.717) is 6.54 Å². The molecule has 3 nitrogen and oxygen atoms in total. The van der Waals surface area contributed by atoms with Gasteiger partial charge >= 0.3 is 0 Å². The molecule has 0 fully saturated rings. The van der Waals surface area contributed by atoms with Gasteiger partial charge in [-0.1, -0.05) is 48.5 Å². The Morgan fingerprint density at radius 3 is 2.32 bits per heavy atom. The van der Waals surface area contributed by atoms with Crippen LogP contribution in [0.3, 0.4) is 0 Å². The molecule has 0 unspecified atom stereocenters. The molecule has 0 aliphatic heterocycles. The highest BCUT2D eigenvalue weighted by Gasteiger charge is 2.14. The van der Waals surface area contributed by atoms with E-state index in [1.165, 1.54) is 5.56 Å². The number of aliphatic hydroxyl groups excluding tert-OH is 1. The quantitative estimate of drug-likeness (QED) is 0.744. The summed E-state index contributed by atoms with van der Waals surface area (Å²) in [5.74, 6) is 0.286. The summed E-state index contributed by atoms with van der Waals surface area (Å²) in [5, 5.41) is 22.2. The molecule has 3 N–H and O–H groups in total. The molecule has 1 atom stereocenters. The number of aliphatic hydroxyl groups is 1. The van der Waals surface area contributed by atoms with Gasteiger partial charge in [-0.3, -0.25) is 0 Å². The van der Waals surface area contributed by atoms with E-state index in [4.69, 9.17) is 5.11 Å². The Hall–Kier alpha value is -1.84. The lowest BCUT2D eigenvalue weighted by Crippen LogP contribution is -2.26. The van der Waals surface area contributed by atoms with Crippen LogP contribution in [0.15, 0.2) is 54.6 Å². The van der Waals surface area contributed by atoms with Crippen LogP contribution < -0.4 is 5.32 Å². The summed E-state index contributed by atoms with van der Waals surface area (Å²) in [5.41, 5.74) is 2.06. The van der Waals surface area contributed by atoms with Crippen LogP contribution in [0.4, 0.5) is 0 Å². The molecule has 0 aliphatic carbocycles. The highest BCUT2D eigenvalue weighted by molar-refractivity contribution is 5.35. The van der Waals surface area contributed by atoms with Crippen LogP contribution in [-0.2, 0) is 6.42 Å². The lowest BCUT2D eigenvalue weighted by atomic mass is 9.98. The fourth-order valence-corrected chi connectivity index (χ4v) is 2.16. The minimum atomic E-state index is -0.00394. The van der Waals surface area contributed by atoms with Crippen LogP contribution in [0.2, 0.25) is 0 Å². The van der Waals surface area contributed by atoms with Crippen molar-refractivity contribution in [3.05, 3.63) is 65.7 Å². The van der Waals surface area contributed by atoms with E-state index in [1.807, 2.05) is 36.4 Å². The highest BCUT2D eigenvalue weighted by Crippen LogP contribution is 2.26. The summed E-state index contributed by atoms with van der Waals surface area (Å²) in [6.07, 6.45) is 0.776. The van der Waals surface area contributed by atoms with Crippen molar-refractivity contribution in [1.29, 1.82) is 0 Å². The second kappa shape index (κ2) is 6.92. The van der Waals surface area contributed by atoms with Crippen LogP contribution in [0, 0.1) is 0 Å². The summed E-state index contributed by atoms with van der Waals surface area (Å²) in [6, 6.07) is 17.4. The van der Waals surface area contributed by atoms with Gasteiger partial charge in [-0.2, -0.15) is 0 Å². The lowest BCUT2D eigenvalue weighted by Gasteiger charge is -2.20. The summed E-state index contributed by atoms with van der Waals surface area (Å²) in [7, 11) is 0. The van der Waals surface area contributed by atoms with Crippen LogP contribution in [0.1, 0.15) is 17.2 Å². The maximum atomic E-state index is 9.96. The fraction of sp³-hybridized carbons (Fsp3) is 0.250. The predicted molar refractivity (Wildman–Crippen MR) is 76.1 cm³/mol. The second-order valence-electron chi connectivity index (χ2n) is 4.48. The first kappa shape index (κ1) is 13.6. The van der Waals surface area contributed by atoms with Crippen molar-refractivity contribution < 1.29 is 10.2 Å². The van der Waals surface area contributed by atoms with Gasteiger partial charge in [-0.05, 0) is 18.1 Å². The van der Waals surface area contributed by atoms with E-state index >= 15 is 0 Å². The van der Waals surface area contributed by atoms with Crippen molar-refractivity contribution in [3.63, 3.8) is 0 Å². The number of phenolic OH excluding ortho intramolecular Hbond substituents is 1. The van der Waals surface area contributed by atoms with Crippen LogP contribution >= 0.6 is 0 Å². The Morgan fingerprint density at radius 2 is 1.63 bits per heavy atom. The molecular formula is C16H19NO2. The fourth-order valence-electron chi connectivity index (χ4n) is 2.16. The minimum Gasteiger partial charge on any atom is -0.508 e. The molecule has 100 valence electrons. The van der Waals surface area contributed by atoms with E-state index < -0.39 is 0 Å². The molecule has 0 saturated carbocycles. The normalized spacial score (nSPS) is 12.3. The predicted octanol–water partition coefficient (Wildman–Crippen LogP) is 2.26. The zero-order valence-corrected chi connectivity index (χ0v) is 10.8. The third kappa shape index (κ3) is 3.81. The Bertz CT molecular complexity index is 499. The van der Waals surface area contributed by atoms with E-state index in [9.17, 15) is 5.11 Å². The third-order valence-electron chi connectivity index (χ3n) is 3.10. The van der Waals surface area contributed by atoms with E-state index in [2.05, 4.69) is 17.4 Å². The van der Waals surface area contributed by atoms with Crippen LogP contribution in [-0.4, -0.2) is 23.4 Å². The van der Waals surface area contributed by atoms with Crippen molar-refractivity contribution >= 4 is 0 Å². The number of para-hydroxylation sites is 1. The first-order valence-electron chi connectivity index (χ1n) is 6.47. The second-order valence-corrected chi connectivity index (χ2v) is 4.48. The molecule has 2 aromatic rings. The minimum absolute atomic E-state index is 0.00394. The molecule has 2 rings (SSSR count). The molecule has 0 heterocycles. The molecule has 3 heteroatoms. The number of aromatic hydroxyl groups is 1. The van der Waals surface area contributed by atoms with Gasteiger partial charge in [0.25, 0.3) is 0 Å². The summed E-state index contributed by atoms with van der Waals surface area (Å²) in [6.45, 7) is 0.588. The van der Waals surface area contributed by atoms with Gasteiger partial charge in [0.05, 0.1) is 6.61 Å². The van der Waals surface area contributed by atoms with Gasteiger partial charge in [0.2, 0.25) is 0 Å². The summed E-state index contributed by atoms with van der Waals surface area (Å²) < 4.78 is 0. The number of rotatable bonds is 6. The Morgan fingerprint density at radius 1 is 0.947 bits per heavy atom. The van der Waals surface area contributed by atoms with Gasteiger partial charge in [-0.25, -0.2) is 0 Å². The molecule has 0 aromatic heterocycles. The monoisotopic (exact) mass is 257 g/mol. The molecule has 0 saturated heterocycles. The van der Waals surface area contributed by atoms with E-state index in [-0.39, 0.29) is 18.4 Å². The number of phenols is 1. The first-order valence-corrected chi connectivity index (χ1v) is 6.47. The van der Waals surface area contributed by atoms with Crippen molar-refractivity contribution in [2.24, 2.45) is 0 Å². The van der Waals surface area contributed by atoms with Crippen molar-refractivity contribution in [1.82, 2.24) is 5.32 Å². The molecule has 0 amide bonds. The molecule has 19 heavy (non-hydrogen) atoms. The lowest BCUT2D eigenvalue weighted by molar-refractivity contribution is 0.283. The third-order valence-corrected chi connectivity index (χ3v) is 3.10. The largest absolute Gasteiger partial charge is 0.508 e. The van der Waals surface area contributed by atoms with E-state index in [1.54, 1.807) is 6.07 Å². The number of benzene rings is 2. The van der Waals surface area contributed by atoms with Crippen molar-refractivity contribution in [2.45, 2.75) is 12.5 Å². The molecular weight excluding hydrogens is 238 g/mol. The number of hydrogen-bond acceptors (Lipinski definition) is 3. The van der Waals surface area contributed by atoms with Crippen molar-refractivity contribution in [3.8, 4) is 5.75 Å². The van der Waals surface area contributed by atoms with E-state index in [0.717, 1.165) is 12.0 Å². The van der Waals surface area contributed by atoms with Gasteiger partial charge in [0.1, 0.15) is 5.75 Å². The van der Waals surface area contributed by atoms with Crippen LogP contribution in [0.5, 0.6) is 5.75 Å². The van der Waals surface area contributed by atoms with Gasteiger partial charge in [0, 0.05) is 18.2 Å². The number of hydrogen-bond donors (Lipinski definition) is 3. The number of nitrogens with one attached hydrogen (secondary N) is 1. The summed E-state index contributed by atoms with van der Waals surface area (Å²) >= 11 is 0. The van der Waals surface area contributed by atoms with Gasteiger partial charge in [0.15, 0.2) is 0 Å². The molecule has 0 radical (unpaired) electrons. The maximum absolute atomic E-state index is 9.96. The SMILES string of the molecule is OCCN[C@@H](Cc1ccccc1)c1ccccc1O. The standard InChI is InChI=1S/C16H19NO2/c18-11-10-17-15(12-13-6-2-1-3-7-13)14-8-4-5-9-16(14)19/h1-9,15,17-19H,10-12H2/t15-/m0/s1. The van der Waals surface area contributed by atoms with Crippen molar-refractivity contribution in [2.75, 3.05) is 13.2 Å². The zero-order valence-electron chi connectivity index (χ0n) is 10.8. The Balaban J connectivity index is 2.19. The van der Waals surface area contributed by atoms with Gasteiger partial charge in [-0.15, -0.1) is 0 Å². The van der Waals surface area contributed by atoms with Gasteiger partial charge < -0.3 is 15.5 Å².